The zero-order valence-corrected chi connectivity index (χ0v) is 12.3. The molecule has 2 N–H and O–H groups in total. The van der Waals surface area contributed by atoms with Crippen LogP contribution in [0.15, 0.2) is 0 Å². The van der Waals surface area contributed by atoms with Gasteiger partial charge >= 0.3 is 0 Å². The molecule has 2 aliphatic rings. The largest absolute Gasteiger partial charge is 0.381 e. The van der Waals surface area contributed by atoms with Gasteiger partial charge in [-0.05, 0) is 59.3 Å². The molecular weight excluding hydrogens is 224 g/mol. The van der Waals surface area contributed by atoms with Crippen molar-refractivity contribution in [3.8, 4) is 0 Å². The van der Waals surface area contributed by atoms with Crippen molar-refractivity contribution in [1.82, 2.24) is 10.6 Å². The van der Waals surface area contributed by atoms with E-state index >= 15 is 0 Å². The van der Waals surface area contributed by atoms with Crippen LogP contribution in [-0.4, -0.2) is 36.9 Å². The van der Waals surface area contributed by atoms with Crippen LogP contribution in [0.3, 0.4) is 0 Å². The average Bonchev–Trinajstić information content (AvgIpc) is 2.31. The lowest BCUT2D eigenvalue weighted by Gasteiger charge is -2.36. The van der Waals surface area contributed by atoms with Crippen molar-refractivity contribution in [2.24, 2.45) is 0 Å². The van der Waals surface area contributed by atoms with Gasteiger partial charge in [0.25, 0.3) is 0 Å². The molecule has 1 saturated carbocycles. The van der Waals surface area contributed by atoms with Crippen LogP contribution >= 0.6 is 0 Å². The second-order valence-electron chi connectivity index (χ2n) is 7.00. The van der Waals surface area contributed by atoms with Crippen LogP contribution < -0.4 is 10.6 Å². The van der Waals surface area contributed by atoms with Gasteiger partial charge in [-0.2, -0.15) is 0 Å². The fourth-order valence-corrected chi connectivity index (χ4v) is 3.21. The lowest BCUT2D eigenvalue weighted by Crippen LogP contribution is -2.49. The van der Waals surface area contributed by atoms with Crippen molar-refractivity contribution >= 4 is 0 Å². The summed E-state index contributed by atoms with van der Waals surface area (Å²) in [6.45, 7) is 8.68. The summed E-state index contributed by atoms with van der Waals surface area (Å²) in [5.74, 6) is 0. The van der Waals surface area contributed by atoms with Crippen molar-refractivity contribution in [3.05, 3.63) is 0 Å². The molecule has 3 nitrogen and oxygen atoms in total. The Kier molecular flexibility index (Phi) is 5.05. The summed E-state index contributed by atoms with van der Waals surface area (Å²) in [6, 6.07) is 2.17. The van der Waals surface area contributed by atoms with Crippen LogP contribution in [0, 0.1) is 0 Å². The lowest BCUT2D eigenvalue weighted by molar-refractivity contribution is 0.0724. The minimum Gasteiger partial charge on any atom is -0.381 e. The van der Waals surface area contributed by atoms with E-state index in [1.807, 2.05) is 0 Å². The van der Waals surface area contributed by atoms with Gasteiger partial charge in [0.05, 0.1) is 0 Å². The topological polar surface area (TPSA) is 33.3 Å². The molecule has 2 fully saturated rings. The number of rotatable bonds is 3. The van der Waals surface area contributed by atoms with Gasteiger partial charge in [-0.15, -0.1) is 0 Å². The second kappa shape index (κ2) is 6.36. The maximum absolute atomic E-state index is 5.41. The summed E-state index contributed by atoms with van der Waals surface area (Å²) < 4.78 is 5.41. The monoisotopic (exact) mass is 254 g/mol. The molecule has 1 aliphatic heterocycles. The molecular formula is C15H30N2O. The van der Waals surface area contributed by atoms with E-state index in [0.717, 1.165) is 25.3 Å². The molecule has 18 heavy (non-hydrogen) atoms. The van der Waals surface area contributed by atoms with Gasteiger partial charge in [-0.1, -0.05) is 0 Å². The van der Waals surface area contributed by atoms with Crippen molar-refractivity contribution in [2.45, 2.75) is 83.0 Å². The molecule has 0 radical (unpaired) electrons. The lowest BCUT2D eigenvalue weighted by atomic mass is 9.89. The third-order valence-corrected chi connectivity index (χ3v) is 4.06. The quantitative estimate of drug-likeness (QED) is 0.811. The molecule has 0 aromatic rings. The summed E-state index contributed by atoms with van der Waals surface area (Å²) in [4.78, 5) is 0. The van der Waals surface area contributed by atoms with Crippen molar-refractivity contribution in [1.29, 1.82) is 0 Å². The Bertz CT molecular complexity index is 235. The first-order valence-corrected chi connectivity index (χ1v) is 7.64. The van der Waals surface area contributed by atoms with Crippen molar-refractivity contribution in [3.63, 3.8) is 0 Å². The van der Waals surface area contributed by atoms with Crippen LogP contribution in [0.5, 0.6) is 0 Å². The zero-order chi connectivity index (χ0) is 13.0. The molecule has 0 aromatic carbocycles. The molecule has 1 heterocycles. The van der Waals surface area contributed by atoms with E-state index in [1.54, 1.807) is 0 Å². The van der Waals surface area contributed by atoms with Crippen LogP contribution in [0.2, 0.25) is 0 Å². The Balaban J connectivity index is 1.66. The van der Waals surface area contributed by atoms with E-state index < -0.39 is 0 Å². The minimum absolute atomic E-state index is 0.256. The summed E-state index contributed by atoms with van der Waals surface area (Å²) in [6.07, 6.45) is 7.67. The Hall–Kier alpha value is -0.120. The van der Waals surface area contributed by atoms with Crippen LogP contribution in [0.1, 0.15) is 59.3 Å². The molecule has 0 spiro atoms. The van der Waals surface area contributed by atoms with Crippen molar-refractivity contribution < 1.29 is 4.74 Å². The molecule has 0 aromatic heterocycles. The Morgan fingerprint density at radius 1 is 0.778 bits per heavy atom. The predicted molar refractivity (Wildman–Crippen MR) is 75.9 cm³/mol. The normalized spacial score (nSPS) is 31.5. The molecule has 106 valence electrons. The molecule has 0 bridgehead atoms. The van der Waals surface area contributed by atoms with E-state index in [0.29, 0.717) is 6.04 Å². The zero-order valence-electron chi connectivity index (χ0n) is 12.3. The Morgan fingerprint density at radius 3 is 1.83 bits per heavy atom. The van der Waals surface area contributed by atoms with Crippen LogP contribution in [0.4, 0.5) is 0 Å². The van der Waals surface area contributed by atoms with E-state index in [9.17, 15) is 0 Å². The number of hydrogen-bond donors (Lipinski definition) is 2. The number of ether oxygens (including phenoxy) is 1. The molecule has 0 amide bonds. The van der Waals surface area contributed by atoms with Gasteiger partial charge in [-0.3, -0.25) is 0 Å². The van der Waals surface area contributed by atoms with Crippen LogP contribution in [-0.2, 0) is 4.74 Å². The standard InChI is InChI=1S/C15H30N2O/c1-15(2,3)17-14-6-4-12(5-7-14)16-13-8-10-18-11-9-13/h12-14,16-17H,4-11H2,1-3H3. The van der Waals surface area contributed by atoms with Gasteiger partial charge in [0.1, 0.15) is 0 Å². The highest BCUT2D eigenvalue weighted by molar-refractivity contribution is 4.86. The highest BCUT2D eigenvalue weighted by Gasteiger charge is 2.26. The minimum atomic E-state index is 0.256. The maximum Gasteiger partial charge on any atom is 0.0480 e. The third-order valence-electron chi connectivity index (χ3n) is 4.06. The van der Waals surface area contributed by atoms with E-state index in [4.69, 9.17) is 4.74 Å². The molecule has 2 rings (SSSR count). The molecule has 0 atom stereocenters. The highest BCUT2D eigenvalue weighted by atomic mass is 16.5. The first-order chi connectivity index (χ1) is 8.53. The molecule has 1 saturated heterocycles. The van der Waals surface area contributed by atoms with Crippen LogP contribution in [0.25, 0.3) is 0 Å². The third kappa shape index (κ3) is 4.87. The highest BCUT2D eigenvalue weighted by Crippen LogP contribution is 2.22. The first-order valence-electron chi connectivity index (χ1n) is 7.64. The van der Waals surface area contributed by atoms with E-state index in [2.05, 4.69) is 31.4 Å². The summed E-state index contributed by atoms with van der Waals surface area (Å²) in [7, 11) is 0. The Morgan fingerprint density at radius 2 is 1.28 bits per heavy atom. The van der Waals surface area contributed by atoms with Gasteiger partial charge < -0.3 is 15.4 Å². The Labute approximate surface area is 112 Å². The summed E-state index contributed by atoms with van der Waals surface area (Å²) in [5, 5.41) is 7.57. The molecule has 1 aliphatic carbocycles. The SMILES string of the molecule is CC(C)(C)NC1CCC(NC2CCOCC2)CC1. The van der Waals surface area contributed by atoms with Gasteiger partial charge in [0.2, 0.25) is 0 Å². The number of hydrogen-bond acceptors (Lipinski definition) is 3. The summed E-state index contributed by atoms with van der Waals surface area (Å²) in [5.41, 5.74) is 0.256. The van der Waals surface area contributed by atoms with Gasteiger partial charge in [-0.25, -0.2) is 0 Å². The van der Waals surface area contributed by atoms with Crippen molar-refractivity contribution in [2.75, 3.05) is 13.2 Å². The first kappa shape index (κ1) is 14.3. The maximum atomic E-state index is 5.41. The average molecular weight is 254 g/mol. The molecule has 0 unspecified atom stereocenters. The molecule has 3 heteroatoms. The van der Waals surface area contributed by atoms with E-state index in [-0.39, 0.29) is 5.54 Å². The van der Waals surface area contributed by atoms with Gasteiger partial charge in [0, 0.05) is 36.9 Å². The van der Waals surface area contributed by atoms with Gasteiger partial charge in [0.15, 0.2) is 0 Å². The predicted octanol–water partition coefficient (Wildman–Crippen LogP) is 2.45. The van der Waals surface area contributed by atoms with E-state index in [1.165, 1.54) is 38.5 Å². The summed E-state index contributed by atoms with van der Waals surface area (Å²) >= 11 is 0. The fraction of sp³-hybridized carbons (Fsp3) is 1.00. The fourth-order valence-electron chi connectivity index (χ4n) is 3.21. The second-order valence-corrected chi connectivity index (χ2v) is 7.00. The smallest absolute Gasteiger partial charge is 0.0480 e. The number of nitrogens with one attached hydrogen (secondary N) is 2.